The number of rotatable bonds is 4. The van der Waals surface area contributed by atoms with Crippen molar-refractivity contribution in [2.24, 2.45) is 0 Å². The minimum atomic E-state index is -0.890. The molecule has 0 spiro atoms. The van der Waals surface area contributed by atoms with Gasteiger partial charge in [0, 0.05) is 0 Å². The molecular weight excluding hydrogens is 199 g/mol. The maximum Gasteiger partial charge on any atom is 0.303 e. The lowest BCUT2D eigenvalue weighted by atomic mass is 9.98. The molecule has 1 aromatic rings. The molecule has 0 radical (unpaired) electrons. The summed E-state index contributed by atoms with van der Waals surface area (Å²) >= 11 is 0. The van der Waals surface area contributed by atoms with Gasteiger partial charge in [-0.2, -0.15) is 0 Å². The average Bonchev–Trinajstić information content (AvgIpc) is 2.16. The first-order valence-electron chi connectivity index (χ1n) is 4.59. The number of hydrogen-bond donors (Lipinski definition) is 1. The molecule has 0 fully saturated rings. The third kappa shape index (κ3) is 2.94. The Morgan fingerprint density at radius 1 is 1.60 bits per heavy atom. The first kappa shape index (κ1) is 11.5. The van der Waals surface area contributed by atoms with Crippen LogP contribution in [0.5, 0.6) is 5.75 Å². The molecule has 0 bridgehead atoms. The molecule has 15 heavy (non-hydrogen) atoms. The van der Waals surface area contributed by atoms with Crippen molar-refractivity contribution in [2.75, 3.05) is 7.11 Å². The predicted molar refractivity (Wildman–Crippen MR) is 53.6 cm³/mol. The molecule has 0 unspecified atom stereocenters. The number of halogens is 1. The number of aliphatic carboxylic acids is 1. The fourth-order valence-electron chi connectivity index (χ4n) is 1.37. The predicted octanol–water partition coefficient (Wildman–Crippen LogP) is 2.41. The summed E-state index contributed by atoms with van der Waals surface area (Å²) in [4.78, 5) is 10.5. The Labute approximate surface area is 87.5 Å². The first-order chi connectivity index (χ1) is 7.04. The Kier molecular flexibility index (Phi) is 3.66. The highest BCUT2D eigenvalue weighted by Crippen LogP contribution is 2.24. The van der Waals surface area contributed by atoms with Crippen molar-refractivity contribution in [2.45, 2.75) is 19.3 Å². The summed E-state index contributed by atoms with van der Waals surface area (Å²) in [5, 5.41) is 8.60. The zero-order chi connectivity index (χ0) is 11.4. The maximum atomic E-state index is 13.3. The van der Waals surface area contributed by atoms with E-state index in [0.29, 0.717) is 5.56 Å². The molecule has 1 aromatic carbocycles. The lowest BCUT2D eigenvalue weighted by Crippen LogP contribution is -2.03. The van der Waals surface area contributed by atoms with Gasteiger partial charge in [0.1, 0.15) is 0 Å². The third-order valence-corrected chi connectivity index (χ3v) is 2.23. The van der Waals surface area contributed by atoms with Gasteiger partial charge in [-0.05, 0) is 23.6 Å². The summed E-state index contributed by atoms with van der Waals surface area (Å²) in [6.07, 6.45) is -0.00817. The standard InChI is InChI=1S/C11H13FO3/c1-7(5-11(13)14)8-3-4-10(15-2)9(12)6-8/h3-4,6-7H,5H2,1-2H3,(H,13,14)/t7-/m1/s1. The molecule has 1 atom stereocenters. The van der Waals surface area contributed by atoms with E-state index in [-0.39, 0.29) is 18.1 Å². The highest BCUT2D eigenvalue weighted by Gasteiger charge is 2.12. The fraction of sp³-hybridized carbons (Fsp3) is 0.364. The average molecular weight is 212 g/mol. The van der Waals surface area contributed by atoms with Crippen LogP contribution in [-0.2, 0) is 4.79 Å². The lowest BCUT2D eigenvalue weighted by Gasteiger charge is -2.10. The number of carboxylic acids is 1. The summed E-state index contributed by atoms with van der Waals surface area (Å²) in [5.41, 5.74) is 0.663. The molecule has 0 saturated carbocycles. The van der Waals surface area contributed by atoms with Crippen LogP contribution in [0.2, 0.25) is 0 Å². The molecule has 0 saturated heterocycles. The second kappa shape index (κ2) is 4.77. The van der Waals surface area contributed by atoms with Crippen molar-refractivity contribution in [1.29, 1.82) is 0 Å². The fourth-order valence-corrected chi connectivity index (χ4v) is 1.37. The molecule has 0 amide bonds. The first-order valence-corrected chi connectivity index (χ1v) is 4.59. The quantitative estimate of drug-likeness (QED) is 0.833. The second-order valence-corrected chi connectivity index (χ2v) is 3.39. The van der Waals surface area contributed by atoms with Crippen LogP contribution >= 0.6 is 0 Å². The number of benzene rings is 1. The Morgan fingerprint density at radius 2 is 2.27 bits per heavy atom. The zero-order valence-electron chi connectivity index (χ0n) is 8.66. The summed E-state index contributed by atoms with van der Waals surface area (Å²) in [6, 6.07) is 4.49. The van der Waals surface area contributed by atoms with E-state index in [2.05, 4.69) is 0 Å². The molecular formula is C11H13FO3. The summed E-state index contributed by atoms with van der Waals surface area (Å²) in [7, 11) is 1.39. The van der Waals surface area contributed by atoms with Crippen molar-refractivity contribution in [3.05, 3.63) is 29.6 Å². The van der Waals surface area contributed by atoms with E-state index < -0.39 is 11.8 Å². The molecule has 82 valence electrons. The Morgan fingerprint density at radius 3 is 2.73 bits per heavy atom. The zero-order valence-corrected chi connectivity index (χ0v) is 8.66. The van der Waals surface area contributed by atoms with E-state index >= 15 is 0 Å². The molecule has 0 aliphatic carbocycles. The van der Waals surface area contributed by atoms with Gasteiger partial charge < -0.3 is 9.84 Å². The highest BCUT2D eigenvalue weighted by atomic mass is 19.1. The normalized spacial score (nSPS) is 12.2. The number of methoxy groups -OCH3 is 1. The topological polar surface area (TPSA) is 46.5 Å². The van der Waals surface area contributed by atoms with Crippen LogP contribution in [0.25, 0.3) is 0 Å². The highest BCUT2D eigenvalue weighted by molar-refractivity contribution is 5.68. The van der Waals surface area contributed by atoms with Gasteiger partial charge in [0.2, 0.25) is 0 Å². The van der Waals surface area contributed by atoms with E-state index in [4.69, 9.17) is 9.84 Å². The number of carboxylic acid groups (broad SMARTS) is 1. The van der Waals surface area contributed by atoms with Crippen LogP contribution in [0.15, 0.2) is 18.2 Å². The van der Waals surface area contributed by atoms with Crippen molar-refractivity contribution >= 4 is 5.97 Å². The van der Waals surface area contributed by atoms with Gasteiger partial charge in [0.15, 0.2) is 11.6 Å². The maximum absolute atomic E-state index is 13.3. The van der Waals surface area contributed by atoms with Crippen LogP contribution in [0.4, 0.5) is 4.39 Å². The smallest absolute Gasteiger partial charge is 0.303 e. The monoisotopic (exact) mass is 212 g/mol. The van der Waals surface area contributed by atoms with Gasteiger partial charge in [-0.3, -0.25) is 4.79 Å². The molecule has 1 rings (SSSR count). The van der Waals surface area contributed by atoms with Crippen LogP contribution in [0, 0.1) is 5.82 Å². The Bertz CT molecular complexity index is 363. The van der Waals surface area contributed by atoms with Gasteiger partial charge in [0.25, 0.3) is 0 Å². The van der Waals surface area contributed by atoms with E-state index in [1.807, 2.05) is 0 Å². The van der Waals surface area contributed by atoms with Gasteiger partial charge >= 0.3 is 5.97 Å². The van der Waals surface area contributed by atoms with Crippen molar-refractivity contribution in [1.82, 2.24) is 0 Å². The SMILES string of the molecule is COc1ccc([C@H](C)CC(=O)O)cc1F. The number of ether oxygens (including phenoxy) is 1. The minimum Gasteiger partial charge on any atom is -0.494 e. The lowest BCUT2D eigenvalue weighted by molar-refractivity contribution is -0.137. The number of carbonyl (C=O) groups is 1. The molecule has 0 aromatic heterocycles. The summed E-state index contributed by atoms with van der Waals surface area (Å²) < 4.78 is 18.0. The Balaban J connectivity index is 2.87. The van der Waals surface area contributed by atoms with Gasteiger partial charge in [0.05, 0.1) is 13.5 Å². The van der Waals surface area contributed by atoms with Crippen molar-refractivity contribution in [3.8, 4) is 5.75 Å². The third-order valence-electron chi connectivity index (χ3n) is 2.23. The Hall–Kier alpha value is -1.58. The van der Waals surface area contributed by atoms with Crippen LogP contribution in [0.1, 0.15) is 24.8 Å². The summed E-state index contributed by atoms with van der Waals surface area (Å²) in [6.45, 7) is 1.75. The van der Waals surface area contributed by atoms with Crippen LogP contribution in [0.3, 0.4) is 0 Å². The molecule has 3 nitrogen and oxygen atoms in total. The van der Waals surface area contributed by atoms with Crippen molar-refractivity contribution < 1.29 is 19.0 Å². The van der Waals surface area contributed by atoms with Crippen molar-refractivity contribution in [3.63, 3.8) is 0 Å². The van der Waals surface area contributed by atoms with E-state index in [1.54, 1.807) is 13.0 Å². The number of hydrogen-bond acceptors (Lipinski definition) is 2. The van der Waals surface area contributed by atoms with E-state index in [1.165, 1.54) is 19.2 Å². The largest absolute Gasteiger partial charge is 0.494 e. The van der Waals surface area contributed by atoms with Gasteiger partial charge in [-0.1, -0.05) is 13.0 Å². The molecule has 0 aliphatic heterocycles. The van der Waals surface area contributed by atoms with Crippen LogP contribution in [-0.4, -0.2) is 18.2 Å². The molecule has 0 heterocycles. The van der Waals surface area contributed by atoms with Gasteiger partial charge in [-0.25, -0.2) is 4.39 Å². The minimum absolute atomic E-state index is 0.00817. The molecule has 4 heteroatoms. The second-order valence-electron chi connectivity index (χ2n) is 3.39. The van der Waals surface area contributed by atoms with Gasteiger partial charge in [-0.15, -0.1) is 0 Å². The summed E-state index contributed by atoms with van der Waals surface area (Å²) in [5.74, 6) is -1.39. The molecule has 1 N–H and O–H groups in total. The van der Waals surface area contributed by atoms with E-state index in [9.17, 15) is 9.18 Å². The van der Waals surface area contributed by atoms with Crippen LogP contribution < -0.4 is 4.74 Å². The van der Waals surface area contributed by atoms with E-state index in [0.717, 1.165) is 0 Å². The molecule has 0 aliphatic rings.